The molecule has 0 saturated carbocycles. The second-order valence-corrected chi connectivity index (χ2v) is 5.81. The van der Waals surface area contributed by atoms with E-state index in [1.54, 1.807) is 0 Å². The Kier molecular flexibility index (Phi) is 5.26. The van der Waals surface area contributed by atoms with Gasteiger partial charge >= 0.3 is 0 Å². The molecule has 1 amide bonds. The van der Waals surface area contributed by atoms with Crippen LogP contribution in [0.2, 0.25) is 0 Å². The SMILES string of the molecule is Cc1ccccc1CC(=O)N1CCCC(CCCl)C1. The summed E-state index contributed by atoms with van der Waals surface area (Å²) in [6, 6.07) is 8.13. The van der Waals surface area contributed by atoms with Crippen molar-refractivity contribution in [1.82, 2.24) is 4.90 Å². The minimum atomic E-state index is 0.258. The predicted octanol–water partition coefficient (Wildman–Crippen LogP) is 3.41. The molecule has 3 heteroatoms. The molecule has 1 saturated heterocycles. The topological polar surface area (TPSA) is 20.3 Å². The number of piperidine rings is 1. The Morgan fingerprint density at radius 1 is 1.42 bits per heavy atom. The number of carbonyl (C=O) groups is 1. The molecule has 1 aliphatic rings. The molecule has 104 valence electrons. The number of rotatable bonds is 4. The fraction of sp³-hybridized carbons (Fsp3) is 0.562. The molecule has 0 bridgehead atoms. The van der Waals surface area contributed by atoms with Crippen molar-refractivity contribution in [1.29, 1.82) is 0 Å². The van der Waals surface area contributed by atoms with Crippen LogP contribution in [-0.4, -0.2) is 29.8 Å². The third kappa shape index (κ3) is 3.97. The van der Waals surface area contributed by atoms with E-state index in [4.69, 9.17) is 11.6 Å². The van der Waals surface area contributed by atoms with Crippen LogP contribution >= 0.6 is 11.6 Å². The molecule has 1 aromatic carbocycles. The summed E-state index contributed by atoms with van der Waals surface area (Å²) < 4.78 is 0. The number of aryl methyl sites for hydroxylation is 1. The van der Waals surface area contributed by atoms with E-state index in [0.717, 1.165) is 31.5 Å². The number of hydrogen-bond acceptors (Lipinski definition) is 1. The summed E-state index contributed by atoms with van der Waals surface area (Å²) >= 11 is 5.81. The van der Waals surface area contributed by atoms with Gasteiger partial charge in [-0.1, -0.05) is 24.3 Å². The van der Waals surface area contributed by atoms with Crippen LogP contribution in [0.1, 0.15) is 30.4 Å². The molecule has 0 spiro atoms. The van der Waals surface area contributed by atoms with Crippen LogP contribution in [0, 0.1) is 12.8 Å². The average molecular weight is 280 g/mol. The first-order valence-electron chi connectivity index (χ1n) is 7.09. The molecule has 1 aliphatic heterocycles. The standard InChI is InChI=1S/C16H22ClNO/c1-13-5-2-3-7-15(13)11-16(19)18-10-4-6-14(12-18)8-9-17/h2-3,5,7,14H,4,6,8-12H2,1H3. The Morgan fingerprint density at radius 2 is 2.21 bits per heavy atom. The highest BCUT2D eigenvalue weighted by Gasteiger charge is 2.23. The smallest absolute Gasteiger partial charge is 0.227 e. The van der Waals surface area contributed by atoms with E-state index in [-0.39, 0.29) is 5.91 Å². The molecule has 1 heterocycles. The van der Waals surface area contributed by atoms with E-state index < -0.39 is 0 Å². The van der Waals surface area contributed by atoms with Gasteiger partial charge in [0.05, 0.1) is 6.42 Å². The Hall–Kier alpha value is -1.02. The summed E-state index contributed by atoms with van der Waals surface area (Å²) in [4.78, 5) is 14.4. The highest BCUT2D eigenvalue weighted by molar-refractivity contribution is 6.17. The number of nitrogens with zero attached hydrogens (tertiary/aromatic N) is 1. The van der Waals surface area contributed by atoms with Crippen molar-refractivity contribution in [3.8, 4) is 0 Å². The first-order chi connectivity index (χ1) is 9.20. The predicted molar refractivity (Wildman–Crippen MR) is 79.5 cm³/mol. The molecule has 0 aliphatic carbocycles. The zero-order valence-corrected chi connectivity index (χ0v) is 12.3. The van der Waals surface area contributed by atoms with Crippen LogP contribution < -0.4 is 0 Å². The lowest BCUT2D eigenvalue weighted by Crippen LogP contribution is -2.40. The molecule has 1 unspecified atom stereocenters. The van der Waals surface area contributed by atoms with Gasteiger partial charge in [-0.05, 0) is 43.2 Å². The van der Waals surface area contributed by atoms with Gasteiger partial charge in [-0.15, -0.1) is 11.6 Å². The summed E-state index contributed by atoms with van der Waals surface area (Å²) in [5, 5.41) is 0. The number of halogens is 1. The minimum Gasteiger partial charge on any atom is -0.342 e. The van der Waals surface area contributed by atoms with Gasteiger partial charge in [0, 0.05) is 19.0 Å². The van der Waals surface area contributed by atoms with Crippen molar-refractivity contribution in [2.24, 2.45) is 5.92 Å². The Balaban J connectivity index is 1.94. The summed E-state index contributed by atoms with van der Waals surface area (Å²) in [6.45, 7) is 3.86. The largest absolute Gasteiger partial charge is 0.342 e. The van der Waals surface area contributed by atoms with Crippen LogP contribution in [0.3, 0.4) is 0 Å². The van der Waals surface area contributed by atoms with Crippen molar-refractivity contribution in [3.63, 3.8) is 0 Å². The highest BCUT2D eigenvalue weighted by atomic mass is 35.5. The zero-order chi connectivity index (χ0) is 13.7. The van der Waals surface area contributed by atoms with Crippen molar-refractivity contribution in [2.75, 3.05) is 19.0 Å². The van der Waals surface area contributed by atoms with E-state index >= 15 is 0 Å². The second kappa shape index (κ2) is 6.95. The monoisotopic (exact) mass is 279 g/mol. The van der Waals surface area contributed by atoms with Crippen LogP contribution in [0.25, 0.3) is 0 Å². The number of hydrogen-bond donors (Lipinski definition) is 0. The van der Waals surface area contributed by atoms with Gasteiger partial charge in [-0.3, -0.25) is 4.79 Å². The number of likely N-dealkylation sites (tertiary alicyclic amines) is 1. The van der Waals surface area contributed by atoms with Gasteiger partial charge in [-0.2, -0.15) is 0 Å². The number of carbonyl (C=O) groups excluding carboxylic acids is 1. The van der Waals surface area contributed by atoms with Gasteiger partial charge < -0.3 is 4.90 Å². The summed E-state index contributed by atoms with van der Waals surface area (Å²) in [5.41, 5.74) is 2.34. The van der Waals surface area contributed by atoms with Gasteiger partial charge in [0.15, 0.2) is 0 Å². The first kappa shape index (κ1) is 14.4. The highest BCUT2D eigenvalue weighted by Crippen LogP contribution is 2.21. The molecular weight excluding hydrogens is 258 g/mol. The zero-order valence-electron chi connectivity index (χ0n) is 11.6. The molecule has 2 nitrogen and oxygen atoms in total. The first-order valence-corrected chi connectivity index (χ1v) is 7.62. The van der Waals surface area contributed by atoms with E-state index in [2.05, 4.69) is 13.0 Å². The Bertz CT molecular complexity index is 431. The molecule has 0 N–H and O–H groups in total. The lowest BCUT2D eigenvalue weighted by Gasteiger charge is -2.32. The van der Waals surface area contributed by atoms with Crippen molar-refractivity contribution < 1.29 is 4.79 Å². The number of benzene rings is 1. The van der Waals surface area contributed by atoms with E-state index in [0.29, 0.717) is 18.2 Å². The van der Waals surface area contributed by atoms with Crippen LogP contribution in [0.5, 0.6) is 0 Å². The van der Waals surface area contributed by atoms with E-state index in [9.17, 15) is 4.79 Å². The molecular formula is C16H22ClNO. The normalized spacial score (nSPS) is 19.5. The lowest BCUT2D eigenvalue weighted by molar-refractivity contribution is -0.132. The third-order valence-corrected chi connectivity index (χ3v) is 4.21. The van der Waals surface area contributed by atoms with Crippen LogP contribution in [0.15, 0.2) is 24.3 Å². The molecule has 1 atom stereocenters. The van der Waals surface area contributed by atoms with Crippen LogP contribution in [-0.2, 0) is 11.2 Å². The Labute approximate surface area is 120 Å². The fourth-order valence-electron chi connectivity index (χ4n) is 2.76. The van der Waals surface area contributed by atoms with Crippen molar-refractivity contribution in [2.45, 2.75) is 32.6 Å². The minimum absolute atomic E-state index is 0.258. The number of amides is 1. The maximum absolute atomic E-state index is 12.4. The molecule has 1 aromatic rings. The van der Waals surface area contributed by atoms with E-state index in [1.165, 1.54) is 12.0 Å². The van der Waals surface area contributed by atoms with Crippen molar-refractivity contribution in [3.05, 3.63) is 35.4 Å². The molecule has 2 rings (SSSR count). The van der Waals surface area contributed by atoms with Gasteiger partial charge in [-0.25, -0.2) is 0 Å². The summed E-state index contributed by atoms with van der Waals surface area (Å²) in [5.74, 6) is 1.55. The summed E-state index contributed by atoms with van der Waals surface area (Å²) in [6.07, 6.45) is 3.87. The average Bonchev–Trinajstić information content (AvgIpc) is 2.42. The maximum Gasteiger partial charge on any atom is 0.227 e. The summed E-state index contributed by atoms with van der Waals surface area (Å²) in [7, 11) is 0. The molecule has 1 fully saturated rings. The Morgan fingerprint density at radius 3 is 2.95 bits per heavy atom. The van der Waals surface area contributed by atoms with Gasteiger partial charge in [0.2, 0.25) is 5.91 Å². The van der Waals surface area contributed by atoms with Gasteiger partial charge in [0.25, 0.3) is 0 Å². The lowest BCUT2D eigenvalue weighted by atomic mass is 9.95. The van der Waals surface area contributed by atoms with Crippen molar-refractivity contribution >= 4 is 17.5 Å². The fourth-order valence-corrected chi connectivity index (χ4v) is 3.07. The molecule has 0 radical (unpaired) electrons. The second-order valence-electron chi connectivity index (χ2n) is 5.43. The quantitative estimate of drug-likeness (QED) is 0.774. The maximum atomic E-state index is 12.4. The van der Waals surface area contributed by atoms with Crippen LogP contribution in [0.4, 0.5) is 0 Å². The number of alkyl halides is 1. The third-order valence-electron chi connectivity index (χ3n) is 3.99. The van der Waals surface area contributed by atoms with E-state index in [1.807, 2.05) is 23.1 Å². The molecule has 0 aromatic heterocycles. The van der Waals surface area contributed by atoms with Gasteiger partial charge in [0.1, 0.15) is 0 Å². The molecule has 19 heavy (non-hydrogen) atoms.